The van der Waals surface area contributed by atoms with Crippen LogP contribution in [0, 0.1) is 0 Å². The van der Waals surface area contributed by atoms with Gasteiger partial charge in [-0.1, -0.05) is 72.8 Å². The van der Waals surface area contributed by atoms with Crippen molar-refractivity contribution >= 4 is 29.2 Å². The summed E-state index contributed by atoms with van der Waals surface area (Å²) in [5.74, 6) is 0.944. The van der Waals surface area contributed by atoms with Crippen LogP contribution in [0.25, 0.3) is 34.2 Å². The monoisotopic (exact) mass is 850 g/mol. The molecular formula is C42H34N12O7S. The van der Waals surface area contributed by atoms with E-state index in [0.29, 0.717) is 46.5 Å². The van der Waals surface area contributed by atoms with Crippen LogP contribution >= 0.6 is 11.3 Å². The van der Waals surface area contributed by atoms with Crippen molar-refractivity contribution in [1.82, 2.24) is 61.9 Å². The van der Waals surface area contributed by atoms with E-state index in [1.807, 2.05) is 47.8 Å². The Morgan fingerprint density at radius 2 is 1.00 bits per heavy atom. The highest BCUT2D eigenvalue weighted by Crippen LogP contribution is 2.18. The van der Waals surface area contributed by atoms with Crippen molar-refractivity contribution < 1.29 is 33.0 Å². The number of hydrogen-bond donors (Lipinski definition) is 3. The number of benzene rings is 4. The minimum Gasteiger partial charge on any atom is -0.466 e. The number of tetrazole rings is 3. The molecule has 0 fully saturated rings. The van der Waals surface area contributed by atoms with Crippen LogP contribution in [-0.4, -0.2) is 86.4 Å². The zero-order chi connectivity index (χ0) is 42.8. The van der Waals surface area contributed by atoms with Crippen molar-refractivity contribution in [3.8, 4) is 34.2 Å². The first kappa shape index (κ1) is 41.6. The quantitative estimate of drug-likeness (QED) is 0.0841. The molecule has 9 aromatic rings. The van der Waals surface area contributed by atoms with E-state index in [1.165, 1.54) is 11.1 Å². The van der Waals surface area contributed by atoms with Crippen molar-refractivity contribution in [3.63, 3.8) is 0 Å². The molecule has 0 spiro atoms. The molecule has 3 N–H and O–H groups in total. The molecule has 0 aliphatic heterocycles. The van der Waals surface area contributed by atoms with E-state index in [1.54, 1.807) is 96.3 Å². The number of nitrogens with zero attached hydrogens (tertiary/aromatic N) is 9. The van der Waals surface area contributed by atoms with Crippen LogP contribution in [0.4, 0.5) is 0 Å². The van der Waals surface area contributed by atoms with Gasteiger partial charge in [0.25, 0.3) is 0 Å². The Morgan fingerprint density at radius 1 is 0.516 bits per heavy atom. The fourth-order valence-corrected chi connectivity index (χ4v) is 6.01. The first-order valence-corrected chi connectivity index (χ1v) is 19.5. The van der Waals surface area contributed by atoms with Crippen molar-refractivity contribution in [2.45, 2.75) is 19.6 Å². The van der Waals surface area contributed by atoms with Crippen LogP contribution in [-0.2, 0) is 33.8 Å². The van der Waals surface area contributed by atoms with Gasteiger partial charge in [0.2, 0.25) is 17.5 Å². The molecule has 310 valence electrons. The van der Waals surface area contributed by atoms with E-state index >= 15 is 0 Å². The molecule has 0 radical (unpaired) electrons. The average molecular weight is 851 g/mol. The Hall–Kier alpha value is -8.52. The smallest absolute Gasteiger partial charge is 0.338 e. The Morgan fingerprint density at radius 3 is 1.42 bits per heavy atom. The standard InChI is InChI=1S/C15H12N4O2.C14H12N4O2S.C13H10N4O3/c20-15(21-10-11-4-2-1-3-5-11)13-8-6-12(7-9-13)14-16-18-19-17-14;19-14(20-8-7-12-2-1-9-21-12)11-5-3-10(4-6-11)13-15-17-18-16-13;18-13(20-8-11-2-1-7-19-11)10-5-3-9(4-6-10)12-14-16-17-15-12/h1-9H,10H2,(H,16,17,18,19);1-6,9H,7-8H2,(H,15,16,17,18);1-7H,8H2,(H,14,15,16,17). The molecule has 62 heavy (non-hydrogen) atoms. The van der Waals surface area contributed by atoms with Gasteiger partial charge in [-0.05, 0) is 81.2 Å². The minimum absolute atomic E-state index is 0.110. The molecule has 0 unspecified atom stereocenters. The second-order valence-corrected chi connectivity index (χ2v) is 13.7. The van der Waals surface area contributed by atoms with Gasteiger partial charge in [0, 0.05) is 28.0 Å². The third kappa shape index (κ3) is 12.0. The fourth-order valence-electron chi connectivity index (χ4n) is 5.32. The number of H-pyrrole nitrogens is 3. The van der Waals surface area contributed by atoms with Gasteiger partial charge in [0.05, 0.1) is 29.6 Å². The van der Waals surface area contributed by atoms with Gasteiger partial charge < -0.3 is 18.6 Å². The first-order valence-electron chi connectivity index (χ1n) is 18.6. The third-order valence-corrected chi connectivity index (χ3v) is 9.41. The van der Waals surface area contributed by atoms with Crippen LogP contribution in [0.2, 0.25) is 0 Å². The molecule has 20 heteroatoms. The number of aromatic nitrogens is 12. The number of aromatic amines is 3. The summed E-state index contributed by atoms with van der Waals surface area (Å²) in [5.41, 5.74) is 4.73. The van der Waals surface area contributed by atoms with Crippen molar-refractivity contribution in [3.05, 3.63) is 172 Å². The highest BCUT2D eigenvalue weighted by molar-refractivity contribution is 7.09. The molecule has 0 amide bonds. The molecular weight excluding hydrogens is 817 g/mol. The number of carbonyl (C=O) groups is 3. The summed E-state index contributed by atoms with van der Waals surface area (Å²) in [7, 11) is 0. The predicted octanol–water partition coefficient (Wildman–Crippen LogP) is 6.37. The zero-order valence-electron chi connectivity index (χ0n) is 32.4. The largest absolute Gasteiger partial charge is 0.466 e. The summed E-state index contributed by atoms with van der Waals surface area (Å²) in [6, 6.07) is 37.6. The summed E-state index contributed by atoms with van der Waals surface area (Å²) in [6.45, 7) is 0.747. The normalized spacial score (nSPS) is 10.4. The molecule has 0 atom stereocenters. The van der Waals surface area contributed by atoms with E-state index in [4.69, 9.17) is 18.6 Å². The van der Waals surface area contributed by atoms with Crippen LogP contribution in [0.5, 0.6) is 0 Å². The lowest BCUT2D eigenvalue weighted by Gasteiger charge is -2.05. The second kappa shape index (κ2) is 21.5. The molecule has 0 bridgehead atoms. The van der Waals surface area contributed by atoms with Gasteiger partial charge in [0.15, 0.2) is 0 Å². The SMILES string of the molecule is O=C(OCCc1cccs1)c1ccc(-c2nn[nH]n2)cc1.O=C(OCc1ccccc1)c1ccc(-c2nn[nH]n2)cc1.O=C(OCc1ccco1)c1ccc(-c2nn[nH]n2)cc1. The number of ether oxygens (including phenoxy) is 3. The summed E-state index contributed by atoms with van der Waals surface area (Å²) in [6.07, 6.45) is 2.27. The maximum atomic E-state index is 11.9. The molecule has 5 heterocycles. The molecule has 0 saturated heterocycles. The lowest BCUT2D eigenvalue weighted by atomic mass is 10.1. The molecule has 0 aliphatic rings. The van der Waals surface area contributed by atoms with Gasteiger partial charge in [0.1, 0.15) is 19.0 Å². The van der Waals surface area contributed by atoms with Gasteiger partial charge in [-0.15, -0.1) is 41.9 Å². The van der Waals surface area contributed by atoms with E-state index < -0.39 is 5.97 Å². The summed E-state index contributed by atoms with van der Waals surface area (Å²) in [5, 5.41) is 42.8. The van der Waals surface area contributed by atoms with Crippen molar-refractivity contribution in [2.24, 2.45) is 0 Å². The first-order chi connectivity index (χ1) is 30.5. The van der Waals surface area contributed by atoms with Crippen LogP contribution in [0.1, 0.15) is 47.3 Å². The predicted molar refractivity (Wildman–Crippen MR) is 221 cm³/mol. The molecule has 5 aromatic heterocycles. The van der Waals surface area contributed by atoms with Gasteiger partial charge in [-0.25, -0.2) is 14.4 Å². The maximum Gasteiger partial charge on any atom is 0.338 e. The fraction of sp³-hybridized carbons (Fsp3) is 0.0952. The molecule has 0 aliphatic carbocycles. The second-order valence-electron chi connectivity index (χ2n) is 12.6. The summed E-state index contributed by atoms with van der Waals surface area (Å²) >= 11 is 1.66. The van der Waals surface area contributed by atoms with Crippen molar-refractivity contribution in [1.29, 1.82) is 0 Å². The molecule has 19 nitrogen and oxygen atoms in total. The zero-order valence-corrected chi connectivity index (χ0v) is 33.2. The number of esters is 3. The molecule has 4 aromatic carbocycles. The maximum absolute atomic E-state index is 11.9. The number of rotatable bonds is 13. The average Bonchev–Trinajstić information content (AvgIpc) is 4.19. The Labute approximate surface area is 355 Å². The third-order valence-electron chi connectivity index (χ3n) is 8.47. The summed E-state index contributed by atoms with van der Waals surface area (Å²) < 4.78 is 20.7. The summed E-state index contributed by atoms with van der Waals surface area (Å²) in [4.78, 5) is 36.9. The van der Waals surface area contributed by atoms with E-state index in [0.717, 1.165) is 28.7 Å². The number of hydrogen-bond acceptors (Lipinski definition) is 17. The van der Waals surface area contributed by atoms with Gasteiger partial charge >= 0.3 is 17.9 Å². The topological polar surface area (TPSA) is 255 Å². The number of carbonyl (C=O) groups excluding carboxylic acids is 3. The van der Waals surface area contributed by atoms with Gasteiger partial charge in [-0.2, -0.15) is 15.6 Å². The number of nitrogens with one attached hydrogen (secondary N) is 3. The Kier molecular flexibility index (Phi) is 14.4. The van der Waals surface area contributed by atoms with Crippen LogP contribution < -0.4 is 0 Å². The van der Waals surface area contributed by atoms with E-state index in [9.17, 15) is 14.4 Å². The van der Waals surface area contributed by atoms with E-state index in [-0.39, 0.29) is 25.2 Å². The molecule has 0 saturated carbocycles. The van der Waals surface area contributed by atoms with Gasteiger partial charge in [-0.3, -0.25) is 0 Å². The Balaban J connectivity index is 0.000000140. The molecule has 9 rings (SSSR count). The van der Waals surface area contributed by atoms with Crippen LogP contribution in [0.15, 0.2) is 143 Å². The Bertz CT molecular complexity index is 2680. The lowest BCUT2D eigenvalue weighted by molar-refractivity contribution is 0.0442. The lowest BCUT2D eigenvalue weighted by Crippen LogP contribution is -2.07. The van der Waals surface area contributed by atoms with E-state index in [2.05, 4.69) is 61.9 Å². The van der Waals surface area contributed by atoms with Crippen molar-refractivity contribution in [2.75, 3.05) is 6.61 Å². The highest BCUT2D eigenvalue weighted by Gasteiger charge is 2.12. The number of furan rings is 1. The number of thiophene rings is 1. The minimum atomic E-state index is -0.416. The van der Waals surface area contributed by atoms with Crippen LogP contribution in [0.3, 0.4) is 0 Å². The highest BCUT2D eigenvalue weighted by atomic mass is 32.1.